The van der Waals surface area contributed by atoms with Crippen LogP contribution < -0.4 is 10.5 Å². The highest BCUT2D eigenvalue weighted by molar-refractivity contribution is 5.35. The lowest BCUT2D eigenvalue weighted by molar-refractivity contribution is 0.297. The molecule has 1 aromatic heterocycles. The van der Waals surface area contributed by atoms with Gasteiger partial charge in [0.2, 0.25) is 0 Å². The second kappa shape index (κ2) is 5.46. The topological polar surface area (TPSA) is 48.1 Å². The van der Waals surface area contributed by atoms with Crippen LogP contribution in [0.25, 0.3) is 0 Å². The zero-order chi connectivity index (χ0) is 12.1. The van der Waals surface area contributed by atoms with Crippen LogP contribution in [-0.4, -0.2) is 4.98 Å². The first kappa shape index (κ1) is 11.6. The Labute approximate surface area is 101 Å². The van der Waals surface area contributed by atoms with Crippen molar-refractivity contribution >= 4 is 0 Å². The molecule has 1 aromatic carbocycles. The molecule has 0 saturated heterocycles. The fourth-order valence-electron chi connectivity index (χ4n) is 1.62. The summed E-state index contributed by atoms with van der Waals surface area (Å²) in [6.07, 6.45) is 1.76. The molecule has 0 aliphatic rings. The molecule has 2 N–H and O–H groups in total. The van der Waals surface area contributed by atoms with E-state index in [0.29, 0.717) is 6.61 Å². The minimum absolute atomic E-state index is 0.0325. The number of ether oxygens (including phenoxy) is 1. The maximum absolute atomic E-state index is 5.89. The largest absolute Gasteiger partial charge is 0.487 e. The van der Waals surface area contributed by atoms with Crippen molar-refractivity contribution in [2.24, 2.45) is 5.73 Å². The van der Waals surface area contributed by atoms with Crippen LogP contribution in [-0.2, 0) is 6.61 Å². The van der Waals surface area contributed by atoms with E-state index in [-0.39, 0.29) is 6.04 Å². The molecule has 0 aliphatic carbocycles. The molecule has 0 amide bonds. The molecule has 0 bridgehead atoms. The standard InChI is InChI=1S/C14H16N2O/c1-11(15)13-7-2-3-8-14(13)17-10-12-6-4-5-9-16-12/h2-9,11H,10,15H2,1H3. The van der Waals surface area contributed by atoms with E-state index in [1.54, 1.807) is 6.20 Å². The molecule has 0 spiro atoms. The summed E-state index contributed by atoms with van der Waals surface area (Å²) in [6, 6.07) is 13.6. The van der Waals surface area contributed by atoms with Gasteiger partial charge in [-0.2, -0.15) is 0 Å². The van der Waals surface area contributed by atoms with Crippen molar-refractivity contribution in [1.29, 1.82) is 0 Å². The fraction of sp³-hybridized carbons (Fsp3) is 0.214. The number of aromatic nitrogens is 1. The maximum atomic E-state index is 5.89. The molecular formula is C14H16N2O. The van der Waals surface area contributed by atoms with Crippen LogP contribution in [0.1, 0.15) is 24.2 Å². The Bertz CT molecular complexity index is 469. The Kier molecular flexibility index (Phi) is 3.73. The van der Waals surface area contributed by atoms with E-state index in [9.17, 15) is 0 Å². The van der Waals surface area contributed by atoms with E-state index in [1.165, 1.54) is 0 Å². The smallest absolute Gasteiger partial charge is 0.130 e. The summed E-state index contributed by atoms with van der Waals surface area (Å²) in [6.45, 7) is 2.41. The van der Waals surface area contributed by atoms with Crippen LogP contribution in [0, 0.1) is 0 Å². The van der Waals surface area contributed by atoms with Crippen molar-refractivity contribution in [2.45, 2.75) is 19.6 Å². The van der Waals surface area contributed by atoms with Crippen molar-refractivity contribution in [3.8, 4) is 5.75 Å². The first-order chi connectivity index (χ1) is 8.27. The number of hydrogen-bond acceptors (Lipinski definition) is 3. The molecular weight excluding hydrogens is 212 g/mol. The number of pyridine rings is 1. The Morgan fingerprint density at radius 3 is 2.65 bits per heavy atom. The van der Waals surface area contributed by atoms with Gasteiger partial charge < -0.3 is 10.5 Å². The van der Waals surface area contributed by atoms with E-state index in [0.717, 1.165) is 17.0 Å². The summed E-state index contributed by atoms with van der Waals surface area (Å²) in [5, 5.41) is 0. The second-order valence-corrected chi connectivity index (χ2v) is 3.94. The second-order valence-electron chi connectivity index (χ2n) is 3.94. The van der Waals surface area contributed by atoms with Gasteiger partial charge in [0, 0.05) is 17.8 Å². The fourth-order valence-corrected chi connectivity index (χ4v) is 1.62. The van der Waals surface area contributed by atoms with Gasteiger partial charge in [0.1, 0.15) is 12.4 Å². The van der Waals surface area contributed by atoms with Gasteiger partial charge in [0.05, 0.1) is 5.69 Å². The van der Waals surface area contributed by atoms with Gasteiger partial charge in [-0.25, -0.2) is 0 Å². The number of rotatable bonds is 4. The molecule has 1 atom stereocenters. The minimum Gasteiger partial charge on any atom is -0.487 e. The third-order valence-corrected chi connectivity index (χ3v) is 2.51. The molecule has 0 saturated carbocycles. The van der Waals surface area contributed by atoms with Crippen LogP contribution in [0.2, 0.25) is 0 Å². The lowest BCUT2D eigenvalue weighted by atomic mass is 10.1. The molecule has 17 heavy (non-hydrogen) atoms. The Hall–Kier alpha value is -1.87. The van der Waals surface area contributed by atoms with E-state index >= 15 is 0 Å². The highest BCUT2D eigenvalue weighted by atomic mass is 16.5. The monoisotopic (exact) mass is 228 g/mol. The third-order valence-electron chi connectivity index (χ3n) is 2.51. The summed E-state index contributed by atoms with van der Waals surface area (Å²) in [4.78, 5) is 4.21. The lowest BCUT2D eigenvalue weighted by Gasteiger charge is -2.13. The predicted molar refractivity (Wildman–Crippen MR) is 67.6 cm³/mol. The SMILES string of the molecule is CC(N)c1ccccc1OCc1ccccn1. The van der Waals surface area contributed by atoms with E-state index in [1.807, 2.05) is 49.4 Å². The Morgan fingerprint density at radius 1 is 1.18 bits per heavy atom. The highest BCUT2D eigenvalue weighted by Gasteiger charge is 2.07. The number of benzene rings is 1. The van der Waals surface area contributed by atoms with Crippen LogP contribution >= 0.6 is 0 Å². The van der Waals surface area contributed by atoms with Gasteiger partial charge in [-0.1, -0.05) is 24.3 Å². The first-order valence-electron chi connectivity index (χ1n) is 5.64. The van der Waals surface area contributed by atoms with Gasteiger partial charge in [0.15, 0.2) is 0 Å². The lowest BCUT2D eigenvalue weighted by Crippen LogP contribution is -2.08. The van der Waals surface area contributed by atoms with Crippen molar-refractivity contribution in [1.82, 2.24) is 4.98 Å². The highest BCUT2D eigenvalue weighted by Crippen LogP contribution is 2.23. The van der Waals surface area contributed by atoms with Crippen molar-refractivity contribution in [3.63, 3.8) is 0 Å². The summed E-state index contributed by atoms with van der Waals surface area (Å²) in [5.74, 6) is 0.827. The molecule has 2 rings (SSSR count). The molecule has 1 heterocycles. The zero-order valence-electron chi connectivity index (χ0n) is 9.84. The van der Waals surface area contributed by atoms with E-state index in [2.05, 4.69) is 4.98 Å². The summed E-state index contributed by atoms with van der Waals surface area (Å²) in [7, 11) is 0. The van der Waals surface area contributed by atoms with Gasteiger partial charge in [-0.3, -0.25) is 4.98 Å². The molecule has 88 valence electrons. The van der Waals surface area contributed by atoms with E-state index < -0.39 is 0 Å². The number of para-hydroxylation sites is 1. The molecule has 2 aromatic rings. The average molecular weight is 228 g/mol. The molecule has 0 radical (unpaired) electrons. The van der Waals surface area contributed by atoms with Crippen molar-refractivity contribution in [3.05, 3.63) is 59.9 Å². The quantitative estimate of drug-likeness (QED) is 0.875. The maximum Gasteiger partial charge on any atom is 0.130 e. The number of nitrogens with two attached hydrogens (primary N) is 1. The minimum atomic E-state index is -0.0325. The van der Waals surface area contributed by atoms with Crippen LogP contribution in [0.5, 0.6) is 5.75 Å². The van der Waals surface area contributed by atoms with Gasteiger partial charge in [-0.05, 0) is 25.1 Å². The Morgan fingerprint density at radius 2 is 1.94 bits per heavy atom. The van der Waals surface area contributed by atoms with Gasteiger partial charge in [-0.15, -0.1) is 0 Å². The first-order valence-corrected chi connectivity index (χ1v) is 5.64. The van der Waals surface area contributed by atoms with E-state index in [4.69, 9.17) is 10.5 Å². The van der Waals surface area contributed by atoms with Crippen molar-refractivity contribution < 1.29 is 4.74 Å². The van der Waals surface area contributed by atoms with Gasteiger partial charge in [0.25, 0.3) is 0 Å². The normalized spacial score (nSPS) is 12.1. The summed E-state index contributed by atoms with van der Waals surface area (Å²) >= 11 is 0. The molecule has 1 unspecified atom stereocenters. The van der Waals surface area contributed by atoms with Gasteiger partial charge >= 0.3 is 0 Å². The summed E-state index contributed by atoms with van der Waals surface area (Å²) in [5.41, 5.74) is 7.81. The predicted octanol–water partition coefficient (Wildman–Crippen LogP) is 2.68. The van der Waals surface area contributed by atoms with Crippen LogP contribution in [0.3, 0.4) is 0 Å². The molecule has 3 heteroatoms. The molecule has 0 aliphatic heterocycles. The zero-order valence-corrected chi connectivity index (χ0v) is 9.84. The summed E-state index contributed by atoms with van der Waals surface area (Å²) < 4.78 is 5.74. The Balaban J connectivity index is 2.09. The average Bonchev–Trinajstić information content (AvgIpc) is 2.38. The van der Waals surface area contributed by atoms with Crippen LogP contribution in [0.4, 0.5) is 0 Å². The molecule has 3 nitrogen and oxygen atoms in total. The number of nitrogens with zero attached hydrogens (tertiary/aromatic N) is 1. The van der Waals surface area contributed by atoms with Crippen molar-refractivity contribution in [2.75, 3.05) is 0 Å². The molecule has 0 fully saturated rings. The van der Waals surface area contributed by atoms with Crippen LogP contribution in [0.15, 0.2) is 48.7 Å². The number of hydrogen-bond donors (Lipinski definition) is 1. The third kappa shape index (κ3) is 3.04.